The average molecular weight is 371 g/mol. The van der Waals surface area contributed by atoms with Gasteiger partial charge in [-0.2, -0.15) is 0 Å². The number of amides is 1. The van der Waals surface area contributed by atoms with Gasteiger partial charge in [-0.1, -0.05) is 6.07 Å². The highest BCUT2D eigenvalue weighted by molar-refractivity contribution is 7.14. The van der Waals surface area contributed by atoms with Crippen LogP contribution in [0.15, 0.2) is 30.3 Å². The van der Waals surface area contributed by atoms with Gasteiger partial charge < -0.3 is 10.1 Å². The third kappa shape index (κ3) is 4.79. The zero-order valence-electron chi connectivity index (χ0n) is 14.7. The highest BCUT2D eigenvalue weighted by Gasteiger charge is 2.14. The van der Waals surface area contributed by atoms with E-state index >= 15 is 0 Å². The van der Waals surface area contributed by atoms with E-state index in [1.54, 1.807) is 6.07 Å². The number of esters is 1. The number of nitrogens with one attached hydrogen (secondary N) is 1. The van der Waals surface area contributed by atoms with Gasteiger partial charge in [0.25, 0.3) is 5.91 Å². The fraction of sp³-hybridized carbons (Fsp3) is 0.350. The second-order valence-electron chi connectivity index (χ2n) is 6.38. The van der Waals surface area contributed by atoms with Gasteiger partial charge in [-0.15, -0.1) is 11.3 Å². The summed E-state index contributed by atoms with van der Waals surface area (Å²) >= 11 is 1.41. The van der Waals surface area contributed by atoms with Gasteiger partial charge in [-0.05, 0) is 61.6 Å². The van der Waals surface area contributed by atoms with Crippen LogP contribution in [0.25, 0.3) is 0 Å². The minimum atomic E-state index is -0.546. The molecule has 1 N–H and O–H groups in total. The van der Waals surface area contributed by atoms with Crippen molar-refractivity contribution in [3.63, 3.8) is 0 Å². The molecule has 0 atom stereocenters. The van der Waals surface area contributed by atoms with E-state index in [0.29, 0.717) is 4.88 Å². The molecule has 1 amide bonds. The van der Waals surface area contributed by atoms with E-state index in [-0.39, 0.29) is 31.1 Å². The normalized spacial score (nSPS) is 12.5. The summed E-state index contributed by atoms with van der Waals surface area (Å²) in [4.78, 5) is 37.3. The molecule has 1 aromatic carbocycles. The lowest BCUT2D eigenvalue weighted by Crippen LogP contribution is -2.21. The summed E-state index contributed by atoms with van der Waals surface area (Å²) in [5, 5.41) is 2.74. The van der Waals surface area contributed by atoms with Crippen LogP contribution in [0.3, 0.4) is 0 Å². The van der Waals surface area contributed by atoms with Crippen molar-refractivity contribution in [3.8, 4) is 0 Å². The van der Waals surface area contributed by atoms with Gasteiger partial charge in [0.05, 0.1) is 11.3 Å². The fourth-order valence-electron chi connectivity index (χ4n) is 2.99. The number of thiophene rings is 1. The Morgan fingerprint density at radius 1 is 1.08 bits per heavy atom. The van der Waals surface area contributed by atoms with E-state index in [2.05, 4.69) is 5.32 Å². The predicted molar refractivity (Wildman–Crippen MR) is 101 cm³/mol. The monoisotopic (exact) mass is 371 g/mol. The summed E-state index contributed by atoms with van der Waals surface area (Å²) in [5.74, 6) is -1.00. The lowest BCUT2D eigenvalue weighted by molar-refractivity contribution is -0.147. The molecule has 0 bridgehead atoms. The van der Waals surface area contributed by atoms with Crippen molar-refractivity contribution in [2.75, 3.05) is 11.9 Å². The third-order valence-electron chi connectivity index (χ3n) is 4.32. The number of fused-ring (bicyclic) bond motifs is 1. The van der Waals surface area contributed by atoms with Gasteiger partial charge >= 0.3 is 5.97 Å². The first kappa shape index (κ1) is 18.3. The Hall–Kier alpha value is -2.47. The molecule has 0 spiro atoms. The first-order chi connectivity index (χ1) is 12.5. The van der Waals surface area contributed by atoms with Crippen LogP contribution in [0.5, 0.6) is 0 Å². The van der Waals surface area contributed by atoms with Crippen molar-refractivity contribution in [2.24, 2.45) is 0 Å². The number of ketones is 1. The third-order valence-corrected chi connectivity index (χ3v) is 5.36. The summed E-state index contributed by atoms with van der Waals surface area (Å²) in [6, 6.07) is 9.51. The van der Waals surface area contributed by atoms with Crippen LogP contribution in [0, 0.1) is 6.92 Å². The number of rotatable bonds is 7. The second-order valence-corrected chi connectivity index (χ2v) is 7.67. The van der Waals surface area contributed by atoms with Crippen molar-refractivity contribution >= 4 is 34.7 Å². The smallest absolute Gasteiger partial charge is 0.306 e. The van der Waals surface area contributed by atoms with Gasteiger partial charge in [0.2, 0.25) is 0 Å². The van der Waals surface area contributed by atoms with E-state index in [1.165, 1.54) is 22.5 Å². The molecule has 1 heterocycles. The molecule has 2 aromatic rings. The highest BCUT2D eigenvalue weighted by atomic mass is 32.1. The number of hydrogen-bond acceptors (Lipinski definition) is 5. The molecule has 0 unspecified atom stereocenters. The summed E-state index contributed by atoms with van der Waals surface area (Å²) < 4.78 is 4.96. The number of hydrogen-bond donors (Lipinski definition) is 1. The molecule has 0 aliphatic heterocycles. The maximum Gasteiger partial charge on any atom is 0.306 e. The lowest BCUT2D eigenvalue weighted by atomic mass is 10.1. The highest BCUT2D eigenvalue weighted by Crippen LogP contribution is 2.24. The Morgan fingerprint density at radius 3 is 2.65 bits per heavy atom. The van der Waals surface area contributed by atoms with Crippen molar-refractivity contribution in [1.29, 1.82) is 0 Å². The molecule has 26 heavy (non-hydrogen) atoms. The number of Topliss-reactive ketones (excluding diaryl/α,β-unsaturated/α-hetero) is 1. The van der Waals surface area contributed by atoms with E-state index in [1.807, 2.05) is 31.2 Å². The Labute approximate surface area is 156 Å². The first-order valence-corrected chi connectivity index (χ1v) is 9.50. The first-order valence-electron chi connectivity index (χ1n) is 8.68. The average Bonchev–Trinajstić information content (AvgIpc) is 3.26. The molecular formula is C20H21NO4S. The predicted octanol–water partition coefficient (Wildman–Crippen LogP) is 3.69. The molecule has 6 heteroatoms. The van der Waals surface area contributed by atoms with Gasteiger partial charge in [0.15, 0.2) is 12.4 Å². The minimum Gasteiger partial charge on any atom is -0.456 e. The van der Waals surface area contributed by atoms with Gasteiger partial charge in [0, 0.05) is 17.0 Å². The molecule has 5 nitrogen and oxygen atoms in total. The van der Waals surface area contributed by atoms with E-state index in [9.17, 15) is 14.4 Å². The molecule has 3 rings (SSSR count). The summed E-state index contributed by atoms with van der Waals surface area (Å²) in [6.07, 6.45) is 3.33. The Kier molecular flexibility index (Phi) is 5.83. The zero-order chi connectivity index (χ0) is 18.5. The van der Waals surface area contributed by atoms with Crippen LogP contribution >= 0.6 is 11.3 Å². The molecule has 0 saturated heterocycles. The Morgan fingerprint density at radius 2 is 1.88 bits per heavy atom. The largest absolute Gasteiger partial charge is 0.456 e. The Bertz CT molecular complexity index is 840. The maximum atomic E-state index is 12.0. The fourth-order valence-corrected chi connectivity index (χ4v) is 3.82. The molecule has 1 aromatic heterocycles. The SMILES string of the molecule is Cc1ccc(C(=O)CCC(=O)OCC(=O)Nc2ccc3c(c2)CCC3)s1. The van der Waals surface area contributed by atoms with Crippen LogP contribution in [0.1, 0.15) is 44.9 Å². The van der Waals surface area contributed by atoms with Gasteiger partial charge in [0.1, 0.15) is 0 Å². The number of anilines is 1. The minimum absolute atomic E-state index is 0.0259. The van der Waals surface area contributed by atoms with Crippen molar-refractivity contribution in [1.82, 2.24) is 0 Å². The second kappa shape index (κ2) is 8.27. The summed E-state index contributed by atoms with van der Waals surface area (Å²) in [7, 11) is 0. The molecule has 0 saturated carbocycles. The topological polar surface area (TPSA) is 72.5 Å². The number of benzene rings is 1. The van der Waals surface area contributed by atoms with Crippen LogP contribution in [0.4, 0.5) is 5.69 Å². The standard InChI is InChI=1S/C20H21NO4S/c1-13-5-9-18(26-13)17(22)8-10-20(24)25-12-19(23)21-16-7-6-14-3-2-4-15(14)11-16/h5-7,9,11H,2-4,8,10,12H2,1H3,(H,21,23). The van der Waals surface area contributed by atoms with E-state index < -0.39 is 5.97 Å². The van der Waals surface area contributed by atoms with Crippen LogP contribution in [-0.2, 0) is 27.2 Å². The van der Waals surface area contributed by atoms with Crippen LogP contribution in [-0.4, -0.2) is 24.3 Å². The molecular weight excluding hydrogens is 350 g/mol. The van der Waals surface area contributed by atoms with Gasteiger partial charge in [-0.25, -0.2) is 0 Å². The molecule has 136 valence electrons. The number of carbonyl (C=O) groups excluding carboxylic acids is 3. The van der Waals surface area contributed by atoms with Gasteiger partial charge in [-0.3, -0.25) is 14.4 Å². The van der Waals surface area contributed by atoms with Crippen LogP contribution < -0.4 is 5.32 Å². The maximum absolute atomic E-state index is 12.0. The quantitative estimate of drug-likeness (QED) is 0.595. The summed E-state index contributed by atoms with van der Waals surface area (Å²) in [6.45, 7) is 1.58. The zero-order valence-corrected chi connectivity index (χ0v) is 15.5. The molecule has 0 fully saturated rings. The molecule has 1 aliphatic rings. The van der Waals surface area contributed by atoms with E-state index in [4.69, 9.17) is 4.74 Å². The van der Waals surface area contributed by atoms with Crippen molar-refractivity contribution in [2.45, 2.75) is 39.0 Å². The van der Waals surface area contributed by atoms with Crippen LogP contribution in [0.2, 0.25) is 0 Å². The summed E-state index contributed by atoms with van der Waals surface area (Å²) in [5.41, 5.74) is 3.32. The van der Waals surface area contributed by atoms with Crippen molar-refractivity contribution < 1.29 is 19.1 Å². The lowest BCUT2D eigenvalue weighted by Gasteiger charge is -2.08. The number of aryl methyl sites for hydroxylation is 3. The Balaban J connectivity index is 1.40. The number of ether oxygens (including phenoxy) is 1. The molecule has 0 radical (unpaired) electrons. The van der Waals surface area contributed by atoms with Crippen molar-refractivity contribution in [3.05, 3.63) is 51.2 Å². The molecule has 1 aliphatic carbocycles. The van der Waals surface area contributed by atoms with E-state index in [0.717, 1.165) is 29.8 Å². The number of carbonyl (C=O) groups is 3.